The van der Waals surface area contributed by atoms with E-state index in [2.05, 4.69) is 13.0 Å². The summed E-state index contributed by atoms with van der Waals surface area (Å²) in [5.74, 6) is 0.356. The van der Waals surface area contributed by atoms with Crippen molar-refractivity contribution in [3.05, 3.63) is 74.6 Å². The van der Waals surface area contributed by atoms with Crippen LogP contribution in [0.4, 0.5) is 0 Å². The molecule has 5 heteroatoms. The number of hydrogen-bond donors (Lipinski definition) is 0. The Kier molecular flexibility index (Phi) is 5.38. The van der Waals surface area contributed by atoms with Gasteiger partial charge in [0, 0.05) is 17.0 Å². The van der Waals surface area contributed by atoms with Crippen molar-refractivity contribution < 1.29 is 18.7 Å². The average molecular weight is 392 g/mol. The van der Waals surface area contributed by atoms with Crippen LogP contribution in [-0.4, -0.2) is 13.1 Å². The number of benzene rings is 2. The third kappa shape index (κ3) is 3.77. The molecule has 0 radical (unpaired) electrons. The lowest BCUT2D eigenvalue weighted by molar-refractivity contribution is 0.0600. The first kappa shape index (κ1) is 19.2. The van der Waals surface area contributed by atoms with Crippen molar-refractivity contribution in [2.45, 2.75) is 45.6 Å². The second-order valence-corrected chi connectivity index (χ2v) is 7.34. The van der Waals surface area contributed by atoms with Crippen LogP contribution in [0.25, 0.3) is 11.0 Å². The van der Waals surface area contributed by atoms with E-state index in [-0.39, 0.29) is 11.6 Å². The Hall–Kier alpha value is -3.08. The fraction of sp³-hybridized carbons (Fsp3) is 0.333. The molecule has 1 heterocycles. The molecule has 0 bridgehead atoms. The summed E-state index contributed by atoms with van der Waals surface area (Å²) >= 11 is 0. The molecule has 150 valence electrons. The molecule has 2 aromatic carbocycles. The molecule has 0 aliphatic heterocycles. The Balaban J connectivity index is 1.63. The van der Waals surface area contributed by atoms with E-state index in [9.17, 15) is 9.59 Å². The summed E-state index contributed by atoms with van der Waals surface area (Å²) in [5.41, 5.74) is 4.87. The molecular weight excluding hydrogens is 368 g/mol. The maximum Gasteiger partial charge on any atom is 0.339 e. The van der Waals surface area contributed by atoms with Gasteiger partial charge in [-0.25, -0.2) is 9.59 Å². The van der Waals surface area contributed by atoms with Gasteiger partial charge in [0.25, 0.3) is 0 Å². The van der Waals surface area contributed by atoms with Crippen molar-refractivity contribution in [2.24, 2.45) is 0 Å². The van der Waals surface area contributed by atoms with E-state index in [0.29, 0.717) is 17.8 Å². The molecule has 0 amide bonds. The summed E-state index contributed by atoms with van der Waals surface area (Å²) < 4.78 is 16.4. The standard InChI is InChI=1S/C24H24O5/c1-3-16-12-20-18-6-4-5-7-19(18)24(26)29-22(20)13-21(16)28-14-15-8-10-17(11-9-15)23(25)27-2/h8-13H,3-7,14H2,1-2H3. The van der Waals surface area contributed by atoms with Gasteiger partial charge in [-0.2, -0.15) is 0 Å². The minimum Gasteiger partial charge on any atom is -0.488 e. The summed E-state index contributed by atoms with van der Waals surface area (Å²) in [5, 5.41) is 1.03. The zero-order valence-corrected chi connectivity index (χ0v) is 16.7. The van der Waals surface area contributed by atoms with Gasteiger partial charge in [0.05, 0.1) is 12.7 Å². The Morgan fingerprint density at radius 2 is 1.79 bits per heavy atom. The molecule has 5 nitrogen and oxygen atoms in total. The number of fused-ring (bicyclic) bond motifs is 3. The highest BCUT2D eigenvalue weighted by molar-refractivity contribution is 5.89. The van der Waals surface area contributed by atoms with Gasteiger partial charge < -0.3 is 13.9 Å². The smallest absolute Gasteiger partial charge is 0.339 e. The van der Waals surface area contributed by atoms with Crippen LogP contribution in [0.15, 0.2) is 45.6 Å². The summed E-state index contributed by atoms with van der Waals surface area (Å²) in [7, 11) is 1.36. The maximum atomic E-state index is 12.4. The fourth-order valence-electron chi connectivity index (χ4n) is 3.94. The summed E-state index contributed by atoms with van der Waals surface area (Å²) in [4.78, 5) is 23.9. The molecular formula is C24H24O5. The lowest BCUT2D eigenvalue weighted by Gasteiger charge is -2.18. The lowest BCUT2D eigenvalue weighted by Crippen LogP contribution is -2.16. The number of hydrogen-bond acceptors (Lipinski definition) is 5. The third-order valence-corrected chi connectivity index (χ3v) is 5.55. The predicted molar refractivity (Wildman–Crippen MR) is 111 cm³/mol. The zero-order chi connectivity index (χ0) is 20.4. The van der Waals surface area contributed by atoms with Crippen molar-refractivity contribution in [1.29, 1.82) is 0 Å². The molecule has 4 rings (SSSR count). The highest BCUT2D eigenvalue weighted by atomic mass is 16.5. The molecule has 1 aliphatic rings. The predicted octanol–water partition coefficient (Wildman–Crippen LogP) is 4.60. The first-order chi connectivity index (χ1) is 14.1. The number of carbonyl (C=O) groups excluding carboxylic acids is 1. The summed E-state index contributed by atoms with van der Waals surface area (Å²) in [6, 6.07) is 11.1. The Morgan fingerprint density at radius 1 is 1.07 bits per heavy atom. The van der Waals surface area contributed by atoms with Gasteiger partial charge >= 0.3 is 11.6 Å². The SMILES string of the molecule is CCc1cc2c3c(c(=O)oc2cc1OCc1ccc(C(=O)OC)cc1)CCCC3. The molecule has 0 saturated heterocycles. The van der Waals surface area contributed by atoms with Gasteiger partial charge in [-0.15, -0.1) is 0 Å². The van der Waals surface area contributed by atoms with Crippen LogP contribution in [0.2, 0.25) is 0 Å². The van der Waals surface area contributed by atoms with E-state index in [1.165, 1.54) is 7.11 Å². The Labute approximate surface area is 169 Å². The number of rotatable bonds is 5. The third-order valence-electron chi connectivity index (χ3n) is 5.55. The zero-order valence-electron chi connectivity index (χ0n) is 16.7. The number of methoxy groups -OCH3 is 1. The highest BCUT2D eigenvalue weighted by Gasteiger charge is 2.19. The van der Waals surface area contributed by atoms with Crippen molar-refractivity contribution in [2.75, 3.05) is 7.11 Å². The van der Waals surface area contributed by atoms with E-state index >= 15 is 0 Å². The average Bonchev–Trinajstić information content (AvgIpc) is 2.77. The van der Waals surface area contributed by atoms with E-state index in [4.69, 9.17) is 13.9 Å². The summed E-state index contributed by atoms with van der Waals surface area (Å²) in [6.07, 6.45) is 4.69. The molecule has 0 spiro atoms. The minimum absolute atomic E-state index is 0.221. The molecule has 29 heavy (non-hydrogen) atoms. The van der Waals surface area contributed by atoms with Gasteiger partial charge in [0.2, 0.25) is 0 Å². The number of aryl methyl sites for hydroxylation is 2. The van der Waals surface area contributed by atoms with Crippen LogP contribution < -0.4 is 10.4 Å². The number of ether oxygens (including phenoxy) is 2. The Morgan fingerprint density at radius 3 is 2.48 bits per heavy atom. The second-order valence-electron chi connectivity index (χ2n) is 7.34. The second kappa shape index (κ2) is 8.11. The fourth-order valence-corrected chi connectivity index (χ4v) is 3.94. The molecule has 0 fully saturated rings. The van der Waals surface area contributed by atoms with E-state index in [0.717, 1.165) is 65.5 Å². The lowest BCUT2D eigenvalue weighted by atomic mass is 9.90. The first-order valence-electron chi connectivity index (χ1n) is 10.0. The van der Waals surface area contributed by atoms with Crippen molar-refractivity contribution in [3.63, 3.8) is 0 Å². The van der Waals surface area contributed by atoms with Gasteiger partial charge in [-0.3, -0.25) is 0 Å². The van der Waals surface area contributed by atoms with Gasteiger partial charge in [0.15, 0.2) is 0 Å². The molecule has 0 saturated carbocycles. The van der Waals surface area contributed by atoms with Crippen LogP contribution >= 0.6 is 0 Å². The topological polar surface area (TPSA) is 65.7 Å². The van der Waals surface area contributed by atoms with Crippen LogP contribution in [-0.2, 0) is 30.6 Å². The molecule has 1 aliphatic carbocycles. The van der Waals surface area contributed by atoms with Crippen LogP contribution in [0.5, 0.6) is 5.75 Å². The van der Waals surface area contributed by atoms with E-state index in [1.807, 2.05) is 18.2 Å². The molecule has 0 unspecified atom stereocenters. The van der Waals surface area contributed by atoms with Crippen molar-refractivity contribution in [1.82, 2.24) is 0 Å². The van der Waals surface area contributed by atoms with Gasteiger partial charge in [-0.05, 0) is 67.0 Å². The summed E-state index contributed by atoms with van der Waals surface area (Å²) in [6.45, 7) is 2.44. The Bertz CT molecular complexity index is 1110. The largest absolute Gasteiger partial charge is 0.488 e. The van der Waals surface area contributed by atoms with Crippen LogP contribution in [0, 0.1) is 0 Å². The molecule has 3 aromatic rings. The minimum atomic E-state index is -0.362. The van der Waals surface area contributed by atoms with E-state index in [1.54, 1.807) is 12.1 Å². The van der Waals surface area contributed by atoms with Crippen LogP contribution in [0.1, 0.15) is 52.4 Å². The van der Waals surface area contributed by atoms with Gasteiger partial charge in [0.1, 0.15) is 17.9 Å². The van der Waals surface area contributed by atoms with Crippen LogP contribution in [0.3, 0.4) is 0 Å². The quantitative estimate of drug-likeness (QED) is 0.469. The number of carbonyl (C=O) groups is 1. The molecule has 0 atom stereocenters. The molecule has 1 aromatic heterocycles. The normalized spacial score (nSPS) is 13.2. The monoisotopic (exact) mass is 392 g/mol. The maximum absolute atomic E-state index is 12.4. The van der Waals surface area contributed by atoms with Crippen molar-refractivity contribution in [3.8, 4) is 5.75 Å². The number of esters is 1. The van der Waals surface area contributed by atoms with Crippen molar-refractivity contribution >= 4 is 16.9 Å². The highest BCUT2D eigenvalue weighted by Crippen LogP contribution is 2.32. The van der Waals surface area contributed by atoms with Gasteiger partial charge in [-0.1, -0.05) is 19.1 Å². The molecule has 0 N–H and O–H groups in total. The van der Waals surface area contributed by atoms with E-state index < -0.39 is 0 Å². The first-order valence-corrected chi connectivity index (χ1v) is 10.0.